The average Bonchev–Trinajstić information content (AvgIpc) is 3.23. The molecule has 2 aromatic rings. The zero-order valence-electron chi connectivity index (χ0n) is 15.0. The van der Waals surface area contributed by atoms with Crippen molar-refractivity contribution >= 4 is 5.91 Å². The van der Waals surface area contributed by atoms with Crippen molar-refractivity contribution < 1.29 is 9.18 Å². The molecule has 2 N–H and O–H groups in total. The highest BCUT2D eigenvalue weighted by atomic mass is 19.1. The molecule has 0 radical (unpaired) electrons. The Balaban J connectivity index is 1.46. The summed E-state index contributed by atoms with van der Waals surface area (Å²) in [6.45, 7) is 4.07. The van der Waals surface area contributed by atoms with Crippen LogP contribution in [0.2, 0.25) is 0 Å². The third-order valence-electron chi connectivity index (χ3n) is 4.81. The Kier molecular flexibility index (Phi) is 5.92. The summed E-state index contributed by atoms with van der Waals surface area (Å²) in [6.07, 6.45) is 3.25. The third kappa shape index (κ3) is 4.43. The van der Waals surface area contributed by atoms with Crippen LogP contribution in [0.4, 0.5) is 4.39 Å². The van der Waals surface area contributed by atoms with E-state index in [2.05, 4.69) is 22.3 Å². The Labute approximate surface area is 152 Å². The smallest absolute Gasteiger partial charge is 0.222 e. The quantitative estimate of drug-likeness (QED) is 0.814. The van der Waals surface area contributed by atoms with Crippen molar-refractivity contribution in [2.75, 3.05) is 13.1 Å². The summed E-state index contributed by atoms with van der Waals surface area (Å²) in [5, 5.41) is 12.3. The zero-order valence-corrected chi connectivity index (χ0v) is 15.0. The lowest BCUT2D eigenvalue weighted by Crippen LogP contribution is -2.32. The van der Waals surface area contributed by atoms with Gasteiger partial charge in [-0.15, -0.1) is 10.2 Å². The molecule has 1 amide bonds. The molecule has 1 aliphatic rings. The lowest BCUT2D eigenvalue weighted by atomic mass is 9.99. The molecule has 0 spiro atoms. The van der Waals surface area contributed by atoms with Gasteiger partial charge in [-0.05, 0) is 48.2 Å². The van der Waals surface area contributed by atoms with E-state index in [9.17, 15) is 9.18 Å². The second-order valence-electron chi connectivity index (χ2n) is 6.83. The van der Waals surface area contributed by atoms with Crippen molar-refractivity contribution in [1.29, 1.82) is 0 Å². The molecule has 1 fully saturated rings. The molecule has 26 heavy (non-hydrogen) atoms. The topological polar surface area (TPSA) is 89.9 Å². The van der Waals surface area contributed by atoms with Crippen molar-refractivity contribution in [1.82, 2.24) is 25.1 Å². The molecular weight excluding hydrogens is 335 g/mol. The van der Waals surface area contributed by atoms with Crippen LogP contribution < -0.4 is 5.73 Å². The van der Waals surface area contributed by atoms with Crippen molar-refractivity contribution in [3.63, 3.8) is 0 Å². The summed E-state index contributed by atoms with van der Waals surface area (Å²) in [6, 6.07) is 6.05. The minimum atomic E-state index is -0.303. The third-order valence-corrected chi connectivity index (χ3v) is 4.81. The summed E-state index contributed by atoms with van der Waals surface area (Å²) in [4.78, 5) is 15.7. The van der Waals surface area contributed by atoms with Crippen LogP contribution in [0.15, 0.2) is 24.3 Å². The van der Waals surface area contributed by atoms with Crippen LogP contribution in [-0.4, -0.2) is 50.1 Å². The Hall–Kier alpha value is -2.35. The number of benzene rings is 1. The van der Waals surface area contributed by atoms with Gasteiger partial charge in [0.15, 0.2) is 0 Å². The summed E-state index contributed by atoms with van der Waals surface area (Å²) >= 11 is 0. The number of carbonyl (C=O) groups is 1. The van der Waals surface area contributed by atoms with Gasteiger partial charge in [-0.2, -0.15) is 4.80 Å². The van der Waals surface area contributed by atoms with Gasteiger partial charge in [0.2, 0.25) is 11.7 Å². The minimum absolute atomic E-state index is 0.0918. The van der Waals surface area contributed by atoms with Crippen LogP contribution >= 0.6 is 0 Å². The first-order valence-electron chi connectivity index (χ1n) is 9.14. The Morgan fingerprint density at radius 1 is 1.31 bits per heavy atom. The van der Waals surface area contributed by atoms with Crippen LogP contribution in [0.1, 0.15) is 32.6 Å². The highest BCUT2D eigenvalue weighted by Crippen LogP contribution is 2.21. The van der Waals surface area contributed by atoms with Crippen molar-refractivity contribution in [2.45, 2.75) is 45.2 Å². The number of carbonyl (C=O) groups excluding carboxylic acids is 1. The number of rotatable bonds is 7. The Morgan fingerprint density at radius 3 is 2.81 bits per heavy atom. The average molecular weight is 360 g/mol. The number of nitrogens with zero attached hydrogens (tertiary/aromatic N) is 5. The normalized spacial score (nSPS) is 19.9. The minimum Gasteiger partial charge on any atom is -0.341 e. The summed E-state index contributed by atoms with van der Waals surface area (Å²) in [5.74, 6) is 0.698. The van der Waals surface area contributed by atoms with E-state index in [0.29, 0.717) is 43.2 Å². The maximum Gasteiger partial charge on any atom is 0.222 e. The standard InChI is InChI=1S/C18H25FN6O/c1-2-4-14-11-24(12-16(14)20)17(26)5-3-10-25-22-18(21-23-25)13-6-8-15(19)9-7-13/h6-9,14,16H,2-5,10-12,20H2,1H3/t14-,16-/m0/s1. The molecule has 1 aromatic carbocycles. The van der Waals surface area contributed by atoms with Gasteiger partial charge >= 0.3 is 0 Å². The number of hydrogen-bond acceptors (Lipinski definition) is 5. The van der Waals surface area contributed by atoms with Crippen LogP contribution in [0, 0.1) is 11.7 Å². The molecule has 1 aliphatic heterocycles. The number of halogens is 1. The number of aryl methyl sites for hydroxylation is 1. The number of aromatic nitrogens is 4. The molecule has 3 rings (SSSR count). The van der Waals surface area contributed by atoms with Crippen molar-refractivity contribution in [2.24, 2.45) is 11.7 Å². The molecule has 0 aliphatic carbocycles. The number of likely N-dealkylation sites (tertiary alicyclic amines) is 1. The van der Waals surface area contributed by atoms with E-state index in [0.717, 1.165) is 19.4 Å². The fourth-order valence-corrected chi connectivity index (χ4v) is 3.36. The maximum absolute atomic E-state index is 13.0. The van der Waals surface area contributed by atoms with Crippen LogP contribution in [0.3, 0.4) is 0 Å². The van der Waals surface area contributed by atoms with Gasteiger partial charge in [0.1, 0.15) is 5.82 Å². The van der Waals surface area contributed by atoms with E-state index < -0.39 is 0 Å². The van der Waals surface area contributed by atoms with Gasteiger partial charge in [-0.3, -0.25) is 4.79 Å². The molecular formula is C18H25FN6O. The molecule has 2 atom stereocenters. The van der Waals surface area contributed by atoms with E-state index in [1.54, 1.807) is 12.1 Å². The molecule has 8 heteroatoms. The largest absolute Gasteiger partial charge is 0.341 e. The molecule has 1 saturated heterocycles. The Bertz CT molecular complexity index is 732. The highest BCUT2D eigenvalue weighted by Gasteiger charge is 2.31. The van der Waals surface area contributed by atoms with Gasteiger partial charge in [0.25, 0.3) is 0 Å². The second kappa shape index (κ2) is 8.35. The first kappa shape index (κ1) is 18.4. The predicted octanol–water partition coefficient (Wildman–Crippen LogP) is 1.85. The van der Waals surface area contributed by atoms with E-state index in [1.165, 1.54) is 16.9 Å². The molecule has 140 valence electrons. The van der Waals surface area contributed by atoms with Crippen LogP contribution in [-0.2, 0) is 11.3 Å². The fraction of sp³-hybridized carbons (Fsp3) is 0.556. The number of amides is 1. The van der Waals surface area contributed by atoms with Gasteiger partial charge in [0, 0.05) is 31.1 Å². The summed E-state index contributed by atoms with van der Waals surface area (Å²) in [5.41, 5.74) is 6.84. The van der Waals surface area contributed by atoms with E-state index in [1.807, 2.05) is 4.90 Å². The second-order valence-corrected chi connectivity index (χ2v) is 6.83. The summed E-state index contributed by atoms with van der Waals surface area (Å²) in [7, 11) is 0. The monoisotopic (exact) mass is 360 g/mol. The van der Waals surface area contributed by atoms with Crippen molar-refractivity contribution in [3.05, 3.63) is 30.1 Å². The molecule has 2 heterocycles. The number of hydrogen-bond donors (Lipinski definition) is 1. The van der Waals surface area contributed by atoms with Crippen molar-refractivity contribution in [3.8, 4) is 11.4 Å². The van der Waals surface area contributed by atoms with Gasteiger partial charge < -0.3 is 10.6 Å². The fourth-order valence-electron chi connectivity index (χ4n) is 3.36. The van der Waals surface area contributed by atoms with Gasteiger partial charge in [0.05, 0.1) is 6.54 Å². The summed E-state index contributed by atoms with van der Waals surface area (Å²) < 4.78 is 13.0. The lowest BCUT2D eigenvalue weighted by Gasteiger charge is -2.16. The number of tetrazole rings is 1. The SMILES string of the molecule is CCC[C@H]1CN(C(=O)CCCn2nnc(-c3ccc(F)cc3)n2)C[C@@H]1N. The molecule has 0 bridgehead atoms. The highest BCUT2D eigenvalue weighted by molar-refractivity contribution is 5.76. The predicted molar refractivity (Wildman–Crippen MR) is 95.4 cm³/mol. The first-order valence-corrected chi connectivity index (χ1v) is 9.14. The first-order chi connectivity index (χ1) is 12.6. The van der Waals surface area contributed by atoms with E-state index in [4.69, 9.17) is 5.73 Å². The zero-order chi connectivity index (χ0) is 18.5. The van der Waals surface area contributed by atoms with Crippen LogP contribution in [0.25, 0.3) is 11.4 Å². The molecule has 0 saturated carbocycles. The molecule has 0 unspecified atom stereocenters. The van der Waals surface area contributed by atoms with E-state index >= 15 is 0 Å². The Morgan fingerprint density at radius 2 is 2.08 bits per heavy atom. The maximum atomic E-state index is 13.0. The molecule has 1 aromatic heterocycles. The van der Waals surface area contributed by atoms with Gasteiger partial charge in [-0.25, -0.2) is 4.39 Å². The molecule has 7 nitrogen and oxygen atoms in total. The lowest BCUT2D eigenvalue weighted by molar-refractivity contribution is -0.130. The number of nitrogens with two attached hydrogens (primary N) is 1. The van der Waals surface area contributed by atoms with Crippen LogP contribution in [0.5, 0.6) is 0 Å². The van der Waals surface area contributed by atoms with Gasteiger partial charge in [-0.1, -0.05) is 13.3 Å². The van der Waals surface area contributed by atoms with E-state index in [-0.39, 0.29) is 17.8 Å².